The van der Waals surface area contributed by atoms with Crippen LogP contribution in [-0.4, -0.2) is 31.6 Å². The first-order valence-corrected chi connectivity index (χ1v) is 15.1. The molecule has 4 unspecified atom stereocenters. The SMILES string of the molecule is CC(C)(C)[Si](C)(C)OC1CC[C@@]2(C)C(=CCC3C2CC[C@]2(C)C(B(O)O)=CCC32)C1. The van der Waals surface area contributed by atoms with Gasteiger partial charge in [0.1, 0.15) is 0 Å². The topological polar surface area (TPSA) is 49.7 Å². The van der Waals surface area contributed by atoms with Gasteiger partial charge in [-0.1, -0.05) is 52.3 Å². The number of rotatable bonds is 3. The van der Waals surface area contributed by atoms with Crippen LogP contribution in [0.25, 0.3) is 0 Å². The molecular weight excluding hydrogens is 387 g/mol. The molecule has 0 bridgehead atoms. The Balaban J connectivity index is 1.53. The Hall–Kier alpha value is -0.358. The monoisotopic (exact) mass is 430 g/mol. The van der Waals surface area contributed by atoms with Crippen molar-refractivity contribution >= 4 is 15.4 Å². The zero-order valence-corrected chi connectivity index (χ0v) is 21.3. The fraction of sp³-hybridized carbons (Fsp3) is 0.840. The van der Waals surface area contributed by atoms with E-state index in [4.69, 9.17) is 4.43 Å². The molecule has 5 heteroatoms. The van der Waals surface area contributed by atoms with E-state index in [-0.39, 0.29) is 10.5 Å². The van der Waals surface area contributed by atoms with E-state index in [2.05, 4.69) is 59.9 Å². The minimum absolute atomic E-state index is 0.0281. The van der Waals surface area contributed by atoms with Crippen molar-refractivity contribution in [2.75, 3.05) is 0 Å². The van der Waals surface area contributed by atoms with E-state index >= 15 is 0 Å². The molecule has 0 amide bonds. The van der Waals surface area contributed by atoms with Crippen molar-refractivity contribution < 1.29 is 14.5 Å². The van der Waals surface area contributed by atoms with Crippen molar-refractivity contribution in [1.29, 1.82) is 0 Å². The molecule has 6 atom stereocenters. The fourth-order valence-corrected chi connectivity index (χ4v) is 8.71. The Labute approximate surface area is 185 Å². The second kappa shape index (κ2) is 7.33. The van der Waals surface area contributed by atoms with Gasteiger partial charge in [0.25, 0.3) is 0 Å². The fourth-order valence-electron chi connectivity index (χ4n) is 7.32. The number of hydrogen-bond acceptors (Lipinski definition) is 3. The smallest absolute Gasteiger partial charge is 0.423 e. The molecular formula is C25H43BO3Si. The van der Waals surface area contributed by atoms with Crippen molar-refractivity contribution in [1.82, 2.24) is 0 Å². The van der Waals surface area contributed by atoms with Crippen LogP contribution in [0.5, 0.6) is 0 Å². The standard InChI is InChI=1S/C25H43BO3Si/c1-23(2,3)30(6,7)29-18-12-14-24(4)17(16-18)8-9-19-20-10-11-22(26(27)28)25(20,5)15-13-21(19)24/h8,11,18-21,27-28H,9-10,12-16H2,1-7H3/t18?,19?,20?,21?,24-,25-/m0/s1. The molecule has 4 aliphatic rings. The average Bonchev–Trinajstić information content (AvgIpc) is 2.98. The zero-order valence-electron chi connectivity index (χ0n) is 20.3. The highest BCUT2D eigenvalue weighted by Crippen LogP contribution is 2.65. The maximum atomic E-state index is 9.93. The first kappa shape index (κ1) is 22.8. The summed E-state index contributed by atoms with van der Waals surface area (Å²) in [5.41, 5.74) is 2.82. The van der Waals surface area contributed by atoms with Gasteiger partial charge in [-0.3, -0.25) is 0 Å². The van der Waals surface area contributed by atoms with Crippen LogP contribution in [-0.2, 0) is 4.43 Å². The number of hydrogen-bond donors (Lipinski definition) is 2. The van der Waals surface area contributed by atoms with Crippen LogP contribution < -0.4 is 0 Å². The summed E-state index contributed by atoms with van der Waals surface area (Å²) in [4.78, 5) is 0. The van der Waals surface area contributed by atoms with E-state index in [1.165, 1.54) is 19.3 Å². The molecule has 0 aromatic carbocycles. The molecule has 30 heavy (non-hydrogen) atoms. The molecule has 168 valence electrons. The molecule has 4 rings (SSSR count). The van der Waals surface area contributed by atoms with Gasteiger partial charge in [0.05, 0.1) is 0 Å². The van der Waals surface area contributed by atoms with E-state index in [9.17, 15) is 10.0 Å². The van der Waals surface area contributed by atoms with Crippen LogP contribution in [0.15, 0.2) is 23.2 Å². The maximum absolute atomic E-state index is 9.93. The third-order valence-corrected chi connectivity index (χ3v) is 14.8. The second-order valence-corrected chi connectivity index (χ2v) is 17.5. The Morgan fingerprint density at radius 3 is 2.30 bits per heavy atom. The summed E-state index contributed by atoms with van der Waals surface area (Å²) in [6, 6.07) is 0. The molecule has 0 aliphatic heterocycles. The lowest BCUT2D eigenvalue weighted by atomic mass is 9.45. The van der Waals surface area contributed by atoms with Gasteiger partial charge in [-0.15, -0.1) is 0 Å². The van der Waals surface area contributed by atoms with E-state index in [1.807, 2.05) is 0 Å². The quantitative estimate of drug-likeness (QED) is 0.434. The molecule has 4 aliphatic carbocycles. The lowest BCUT2D eigenvalue weighted by Crippen LogP contribution is -2.52. The largest absolute Gasteiger partial charge is 0.484 e. The van der Waals surface area contributed by atoms with Crippen LogP contribution in [0.4, 0.5) is 0 Å². The third kappa shape index (κ3) is 3.43. The Bertz CT molecular complexity index is 752. The highest BCUT2D eigenvalue weighted by molar-refractivity contribution is 6.74. The Kier molecular flexibility index (Phi) is 5.58. The van der Waals surface area contributed by atoms with Crippen LogP contribution in [0.3, 0.4) is 0 Å². The summed E-state index contributed by atoms with van der Waals surface area (Å²) in [7, 11) is -3.02. The third-order valence-electron chi connectivity index (χ3n) is 10.2. The van der Waals surface area contributed by atoms with Gasteiger partial charge in [-0.25, -0.2) is 0 Å². The van der Waals surface area contributed by atoms with Crippen LogP contribution >= 0.6 is 0 Å². The van der Waals surface area contributed by atoms with Crippen molar-refractivity contribution in [3.63, 3.8) is 0 Å². The van der Waals surface area contributed by atoms with Gasteiger partial charge >= 0.3 is 7.12 Å². The first-order chi connectivity index (χ1) is 13.8. The predicted octanol–water partition coefficient (Wildman–Crippen LogP) is 5.89. The molecule has 3 nitrogen and oxygen atoms in total. The number of fused-ring (bicyclic) bond motifs is 5. The summed E-state index contributed by atoms with van der Waals surface area (Å²) in [6.07, 6.45) is 13.1. The Morgan fingerprint density at radius 2 is 1.67 bits per heavy atom. The predicted molar refractivity (Wildman–Crippen MR) is 127 cm³/mol. The molecule has 0 saturated heterocycles. The molecule has 0 spiro atoms. The van der Waals surface area contributed by atoms with Crippen LogP contribution in [0, 0.1) is 28.6 Å². The number of allylic oxidation sites excluding steroid dienone is 3. The van der Waals surface area contributed by atoms with E-state index in [0.717, 1.165) is 37.1 Å². The van der Waals surface area contributed by atoms with Gasteiger partial charge in [0.2, 0.25) is 0 Å². The maximum Gasteiger partial charge on any atom is 0.484 e. The normalized spacial score (nSPS) is 41.4. The van der Waals surface area contributed by atoms with Gasteiger partial charge in [-0.2, -0.15) is 0 Å². The van der Waals surface area contributed by atoms with Gasteiger partial charge in [0, 0.05) is 6.10 Å². The van der Waals surface area contributed by atoms with Gasteiger partial charge in [0.15, 0.2) is 8.32 Å². The van der Waals surface area contributed by atoms with Crippen molar-refractivity contribution in [3.8, 4) is 0 Å². The molecule has 2 N–H and O–H groups in total. The zero-order chi connectivity index (χ0) is 22.1. The van der Waals surface area contributed by atoms with Crippen LogP contribution in [0.1, 0.15) is 79.6 Å². The highest BCUT2D eigenvalue weighted by atomic mass is 28.4. The summed E-state index contributed by atoms with van der Waals surface area (Å²) >= 11 is 0. The van der Waals surface area contributed by atoms with Crippen LogP contribution in [0.2, 0.25) is 18.1 Å². The Morgan fingerprint density at radius 1 is 1.00 bits per heavy atom. The average molecular weight is 431 g/mol. The summed E-state index contributed by atoms with van der Waals surface area (Å²) < 4.78 is 6.83. The molecule has 2 fully saturated rings. The highest BCUT2D eigenvalue weighted by Gasteiger charge is 2.58. The molecule has 2 saturated carbocycles. The minimum Gasteiger partial charge on any atom is -0.423 e. The van der Waals surface area contributed by atoms with Crippen molar-refractivity contribution in [2.45, 2.75) is 104 Å². The summed E-state index contributed by atoms with van der Waals surface area (Å²) in [6.45, 7) is 16.6. The minimum atomic E-state index is -1.74. The molecule has 0 heterocycles. The van der Waals surface area contributed by atoms with Crippen molar-refractivity contribution in [3.05, 3.63) is 23.2 Å². The van der Waals surface area contributed by atoms with Gasteiger partial charge in [-0.05, 0) is 97.1 Å². The van der Waals surface area contributed by atoms with Gasteiger partial charge < -0.3 is 14.5 Å². The van der Waals surface area contributed by atoms with E-state index in [0.29, 0.717) is 23.4 Å². The van der Waals surface area contributed by atoms with E-state index < -0.39 is 15.4 Å². The first-order valence-electron chi connectivity index (χ1n) is 12.2. The molecule has 0 radical (unpaired) electrons. The summed E-state index contributed by atoms with van der Waals surface area (Å²) in [5, 5.41) is 20.1. The second-order valence-electron chi connectivity index (χ2n) is 12.7. The lowest BCUT2D eigenvalue weighted by Gasteiger charge is -2.58. The van der Waals surface area contributed by atoms with E-state index in [1.54, 1.807) is 5.57 Å². The summed E-state index contributed by atoms with van der Waals surface area (Å²) in [5.74, 6) is 1.96. The molecule has 0 aromatic rings. The lowest BCUT2D eigenvalue weighted by molar-refractivity contribution is -0.0270. The molecule has 0 aromatic heterocycles. The van der Waals surface area contributed by atoms with Crippen molar-refractivity contribution in [2.24, 2.45) is 28.6 Å².